The van der Waals surface area contributed by atoms with Crippen LogP contribution in [0.5, 0.6) is 0 Å². The minimum Gasteiger partial charge on any atom is -0.356 e. The Morgan fingerprint density at radius 2 is 1.88 bits per heavy atom. The fraction of sp³-hybridized carbons (Fsp3) is 0.909. The smallest absolute Gasteiger partial charge is 0.223 e. The van der Waals surface area contributed by atoms with E-state index in [4.69, 9.17) is 0 Å². The molecule has 5 heteroatoms. The van der Waals surface area contributed by atoms with Crippen molar-refractivity contribution in [1.82, 2.24) is 5.32 Å². The van der Waals surface area contributed by atoms with Crippen molar-refractivity contribution in [3.63, 3.8) is 0 Å². The molecule has 92 valence electrons. The maximum Gasteiger partial charge on any atom is 0.223 e. The molecule has 0 spiro atoms. The summed E-state index contributed by atoms with van der Waals surface area (Å²) in [7, 11) is -2.81. The lowest BCUT2D eigenvalue weighted by Crippen LogP contribution is -2.33. The lowest BCUT2D eigenvalue weighted by atomic mass is 10.1. The zero-order chi connectivity index (χ0) is 11.6. The maximum atomic E-state index is 11.7. The maximum absolute atomic E-state index is 11.7. The van der Waals surface area contributed by atoms with Gasteiger partial charge in [-0.2, -0.15) is 0 Å². The molecule has 2 fully saturated rings. The second-order valence-corrected chi connectivity index (χ2v) is 7.22. The van der Waals surface area contributed by atoms with Gasteiger partial charge in [0, 0.05) is 12.5 Å². The molecule has 1 N–H and O–H groups in total. The molecule has 4 nitrogen and oxygen atoms in total. The Morgan fingerprint density at radius 3 is 2.44 bits per heavy atom. The summed E-state index contributed by atoms with van der Waals surface area (Å²) in [6, 6.07) is 0. The number of sulfone groups is 1. The third kappa shape index (κ3) is 2.97. The van der Waals surface area contributed by atoms with Crippen molar-refractivity contribution in [2.24, 2.45) is 11.8 Å². The van der Waals surface area contributed by atoms with Crippen LogP contribution in [-0.2, 0) is 14.6 Å². The van der Waals surface area contributed by atoms with Gasteiger partial charge in [0.2, 0.25) is 5.91 Å². The van der Waals surface area contributed by atoms with Crippen LogP contribution in [0.3, 0.4) is 0 Å². The molecule has 1 aliphatic carbocycles. The van der Waals surface area contributed by atoms with Gasteiger partial charge in [0.15, 0.2) is 9.84 Å². The SMILES string of the molecule is O=C(NCC1CCS(=O)(=O)C1)C1CCCC1. The van der Waals surface area contributed by atoms with Crippen molar-refractivity contribution in [2.45, 2.75) is 32.1 Å². The van der Waals surface area contributed by atoms with Gasteiger partial charge in [-0.3, -0.25) is 4.79 Å². The van der Waals surface area contributed by atoms with E-state index in [1.165, 1.54) is 0 Å². The third-order valence-corrected chi connectivity index (χ3v) is 5.45. The van der Waals surface area contributed by atoms with Crippen LogP contribution in [-0.4, -0.2) is 32.4 Å². The summed E-state index contributed by atoms with van der Waals surface area (Å²) in [5.41, 5.74) is 0. The Kier molecular flexibility index (Phi) is 3.52. The number of carbonyl (C=O) groups is 1. The Hall–Kier alpha value is -0.580. The van der Waals surface area contributed by atoms with E-state index in [1.807, 2.05) is 0 Å². The highest BCUT2D eigenvalue weighted by Gasteiger charge is 2.29. The molecule has 1 heterocycles. The van der Waals surface area contributed by atoms with Crippen LogP contribution in [0.2, 0.25) is 0 Å². The molecule has 16 heavy (non-hydrogen) atoms. The average molecular weight is 245 g/mol. The van der Waals surface area contributed by atoms with Crippen LogP contribution >= 0.6 is 0 Å². The Labute approximate surface area is 96.7 Å². The van der Waals surface area contributed by atoms with Crippen LogP contribution in [0.1, 0.15) is 32.1 Å². The van der Waals surface area contributed by atoms with Gasteiger partial charge in [0.25, 0.3) is 0 Å². The van der Waals surface area contributed by atoms with E-state index >= 15 is 0 Å². The van der Waals surface area contributed by atoms with E-state index in [0.717, 1.165) is 25.7 Å². The van der Waals surface area contributed by atoms with Crippen LogP contribution in [0.25, 0.3) is 0 Å². The quantitative estimate of drug-likeness (QED) is 0.797. The first-order chi connectivity index (χ1) is 7.57. The lowest BCUT2D eigenvalue weighted by molar-refractivity contribution is -0.124. The van der Waals surface area contributed by atoms with Crippen molar-refractivity contribution in [2.75, 3.05) is 18.1 Å². The Morgan fingerprint density at radius 1 is 1.19 bits per heavy atom. The summed E-state index contributed by atoms with van der Waals surface area (Å²) in [6.45, 7) is 0.536. The Balaban J connectivity index is 1.73. The number of amides is 1. The predicted octanol–water partition coefficient (Wildman–Crippen LogP) is 0.727. The molecule has 1 amide bonds. The van der Waals surface area contributed by atoms with Crippen molar-refractivity contribution in [3.8, 4) is 0 Å². The van der Waals surface area contributed by atoms with Gasteiger partial charge >= 0.3 is 0 Å². The van der Waals surface area contributed by atoms with Crippen LogP contribution in [0.4, 0.5) is 0 Å². The summed E-state index contributed by atoms with van der Waals surface area (Å²) in [4.78, 5) is 11.7. The first kappa shape index (κ1) is 11.9. The fourth-order valence-electron chi connectivity index (χ4n) is 2.61. The van der Waals surface area contributed by atoms with Crippen molar-refractivity contribution >= 4 is 15.7 Å². The van der Waals surface area contributed by atoms with Gasteiger partial charge in [-0.25, -0.2) is 8.42 Å². The summed E-state index contributed by atoms with van der Waals surface area (Å²) >= 11 is 0. The summed E-state index contributed by atoms with van der Waals surface area (Å²) in [5.74, 6) is 0.977. The molecular weight excluding hydrogens is 226 g/mol. The van der Waals surface area contributed by atoms with Crippen LogP contribution in [0, 0.1) is 11.8 Å². The molecule has 1 saturated carbocycles. The zero-order valence-corrected chi connectivity index (χ0v) is 10.3. The molecule has 1 aliphatic heterocycles. The van der Waals surface area contributed by atoms with E-state index in [9.17, 15) is 13.2 Å². The highest BCUT2D eigenvalue weighted by molar-refractivity contribution is 7.91. The number of carbonyl (C=O) groups excluding carboxylic acids is 1. The van der Waals surface area contributed by atoms with Crippen molar-refractivity contribution < 1.29 is 13.2 Å². The molecular formula is C11H19NO3S. The second-order valence-electron chi connectivity index (χ2n) is 5.00. The highest BCUT2D eigenvalue weighted by atomic mass is 32.2. The van der Waals surface area contributed by atoms with E-state index in [0.29, 0.717) is 13.0 Å². The molecule has 0 radical (unpaired) electrons. The van der Waals surface area contributed by atoms with Crippen LogP contribution < -0.4 is 5.32 Å². The van der Waals surface area contributed by atoms with Gasteiger partial charge in [-0.15, -0.1) is 0 Å². The van der Waals surface area contributed by atoms with Gasteiger partial charge in [0.1, 0.15) is 0 Å². The van der Waals surface area contributed by atoms with Crippen molar-refractivity contribution in [3.05, 3.63) is 0 Å². The molecule has 2 aliphatic rings. The standard InChI is InChI=1S/C11H19NO3S/c13-11(10-3-1-2-4-10)12-7-9-5-6-16(14,15)8-9/h9-10H,1-8H2,(H,12,13). The molecule has 0 aromatic rings. The van der Waals surface area contributed by atoms with E-state index in [-0.39, 0.29) is 29.2 Å². The molecule has 2 rings (SSSR count). The van der Waals surface area contributed by atoms with Crippen molar-refractivity contribution in [1.29, 1.82) is 0 Å². The summed E-state index contributed by atoms with van der Waals surface area (Å²) in [6.07, 6.45) is 4.99. The number of hydrogen-bond donors (Lipinski definition) is 1. The Bertz CT molecular complexity index is 357. The normalized spacial score (nSPS) is 29.4. The van der Waals surface area contributed by atoms with E-state index in [1.54, 1.807) is 0 Å². The molecule has 0 bridgehead atoms. The summed E-state index contributed by atoms with van der Waals surface area (Å²) < 4.78 is 22.5. The first-order valence-electron chi connectivity index (χ1n) is 6.05. The zero-order valence-electron chi connectivity index (χ0n) is 9.44. The molecule has 0 aromatic heterocycles. The molecule has 1 unspecified atom stereocenters. The molecule has 1 saturated heterocycles. The minimum absolute atomic E-state index is 0.127. The van der Waals surface area contributed by atoms with Gasteiger partial charge in [-0.1, -0.05) is 12.8 Å². The van der Waals surface area contributed by atoms with Gasteiger partial charge in [-0.05, 0) is 25.2 Å². The minimum atomic E-state index is -2.81. The largest absolute Gasteiger partial charge is 0.356 e. The van der Waals surface area contributed by atoms with Gasteiger partial charge in [0.05, 0.1) is 11.5 Å². The van der Waals surface area contributed by atoms with Gasteiger partial charge < -0.3 is 5.32 Å². The summed E-state index contributed by atoms with van der Waals surface area (Å²) in [5, 5.41) is 2.90. The van der Waals surface area contributed by atoms with E-state index < -0.39 is 9.84 Å². The third-order valence-electron chi connectivity index (χ3n) is 3.62. The molecule has 0 aromatic carbocycles. The average Bonchev–Trinajstić information content (AvgIpc) is 2.83. The van der Waals surface area contributed by atoms with E-state index in [2.05, 4.69) is 5.32 Å². The second kappa shape index (κ2) is 4.73. The number of rotatable bonds is 3. The topological polar surface area (TPSA) is 63.2 Å². The monoisotopic (exact) mass is 245 g/mol. The molecule has 1 atom stereocenters. The van der Waals surface area contributed by atoms with Crippen LogP contribution in [0.15, 0.2) is 0 Å². The number of hydrogen-bond acceptors (Lipinski definition) is 3. The lowest BCUT2D eigenvalue weighted by Gasteiger charge is -2.13. The highest BCUT2D eigenvalue weighted by Crippen LogP contribution is 2.25. The fourth-order valence-corrected chi connectivity index (χ4v) is 4.47. The number of nitrogens with one attached hydrogen (secondary N) is 1. The first-order valence-corrected chi connectivity index (χ1v) is 7.87. The predicted molar refractivity (Wildman–Crippen MR) is 61.7 cm³/mol.